The van der Waals surface area contributed by atoms with Gasteiger partial charge in [0, 0.05) is 18.5 Å². The predicted octanol–water partition coefficient (Wildman–Crippen LogP) is 1.85. The van der Waals surface area contributed by atoms with Crippen molar-refractivity contribution in [3.63, 3.8) is 0 Å². The SMILES string of the molecule is CC(C)(CC(N)=O)NCc1cc(F)c(F)c(F)c1. The van der Waals surface area contributed by atoms with Crippen molar-refractivity contribution in [3.8, 4) is 0 Å². The van der Waals surface area contributed by atoms with Crippen molar-refractivity contribution in [3.05, 3.63) is 35.1 Å². The van der Waals surface area contributed by atoms with Crippen molar-refractivity contribution >= 4 is 5.91 Å². The van der Waals surface area contributed by atoms with E-state index in [9.17, 15) is 18.0 Å². The normalized spacial score (nSPS) is 11.6. The van der Waals surface area contributed by atoms with Gasteiger partial charge in [-0.1, -0.05) is 0 Å². The molecule has 0 radical (unpaired) electrons. The molecule has 0 saturated heterocycles. The summed E-state index contributed by atoms with van der Waals surface area (Å²) < 4.78 is 38.6. The first-order chi connectivity index (χ1) is 8.21. The fourth-order valence-electron chi connectivity index (χ4n) is 1.55. The first-order valence-electron chi connectivity index (χ1n) is 5.38. The summed E-state index contributed by atoms with van der Waals surface area (Å²) in [7, 11) is 0. The summed E-state index contributed by atoms with van der Waals surface area (Å²) in [5.74, 6) is -4.45. The molecule has 3 N–H and O–H groups in total. The fourth-order valence-corrected chi connectivity index (χ4v) is 1.55. The Hall–Kier alpha value is -1.56. The highest BCUT2D eigenvalue weighted by Crippen LogP contribution is 2.15. The van der Waals surface area contributed by atoms with E-state index in [1.165, 1.54) is 0 Å². The molecule has 6 heteroatoms. The maximum atomic E-state index is 13.0. The molecule has 0 fully saturated rings. The lowest BCUT2D eigenvalue weighted by atomic mass is 10.00. The molecule has 3 nitrogen and oxygen atoms in total. The van der Waals surface area contributed by atoms with Crippen LogP contribution in [0.3, 0.4) is 0 Å². The van der Waals surface area contributed by atoms with Gasteiger partial charge in [-0.25, -0.2) is 13.2 Å². The highest BCUT2D eigenvalue weighted by Gasteiger charge is 2.20. The number of nitrogens with one attached hydrogen (secondary N) is 1. The molecule has 18 heavy (non-hydrogen) atoms. The Morgan fingerprint density at radius 3 is 2.22 bits per heavy atom. The van der Waals surface area contributed by atoms with Gasteiger partial charge in [0.25, 0.3) is 0 Å². The Morgan fingerprint density at radius 1 is 1.28 bits per heavy atom. The van der Waals surface area contributed by atoms with Gasteiger partial charge in [0.05, 0.1) is 0 Å². The minimum Gasteiger partial charge on any atom is -0.370 e. The monoisotopic (exact) mass is 260 g/mol. The molecule has 0 aliphatic rings. The average molecular weight is 260 g/mol. The Balaban J connectivity index is 2.72. The molecule has 0 aliphatic heterocycles. The first kappa shape index (κ1) is 14.5. The van der Waals surface area contributed by atoms with Crippen molar-refractivity contribution in [2.45, 2.75) is 32.4 Å². The van der Waals surface area contributed by atoms with Gasteiger partial charge in [-0.3, -0.25) is 4.79 Å². The lowest BCUT2D eigenvalue weighted by Gasteiger charge is -2.24. The molecule has 0 bridgehead atoms. The lowest BCUT2D eigenvalue weighted by molar-refractivity contribution is -0.119. The Bertz CT molecular complexity index is 438. The highest BCUT2D eigenvalue weighted by atomic mass is 19.2. The minimum atomic E-state index is -1.49. The third-order valence-electron chi connectivity index (χ3n) is 2.43. The van der Waals surface area contributed by atoms with Gasteiger partial charge in [-0.05, 0) is 31.5 Å². The van der Waals surface area contributed by atoms with Crippen molar-refractivity contribution in [1.82, 2.24) is 5.32 Å². The van der Waals surface area contributed by atoms with Crippen molar-refractivity contribution < 1.29 is 18.0 Å². The lowest BCUT2D eigenvalue weighted by Crippen LogP contribution is -2.42. The molecule has 0 saturated carbocycles. The Kier molecular flexibility index (Phi) is 4.34. The van der Waals surface area contributed by atoms with E-state index < -0.39 is 28.9 Å². The summed E-state index contributed by atoms with van der Waals surface area (Å²) in [6, 6.07) is 1.82. The van der Waals surface area contributed by atoms with Crippen molar-refractivity contribution in [1.29, 1.82) is 0 Å². The van der Waals surface area contributed by atoms with E-state index in [0.29, 0.717) is 0 Å². The number of rotatable bonds is 5. The molecule has 1 rings (SSSR count). The summed E-state index contributed by atoms with van der Waals surface area (Å²) >= 11 is 0. The predicted molar refractivity (Wildman–Crippen MR) is 61.0 cm³/mol. The van der Waals surface area contributed by atoms with Crippen LogP contribution in [0.15, 0.2) is 12.1 Å². The summed E-state index contributed by atoms with van der Waals surface area (Å²) in [6.07, 6.45) is 0.0825. The summed E-state index contributed by atoms with van der Waals surface area (Å²) in [5, 5.41) is 2.92. The van der Waals surface area contributed by atoms with Gasteiger partial charge >= 0.3 is 0 Å². The maximum absolute atomic E-state index is 13.0. The minimum absolute atomic E-state index is 0.0825. The summed E-state index contributed by atoms with van der Waals surface area (Å²) in [4.78, 5) is 10.8. The van der Waals surface area contributed by atoms with Gasteiger partial charge in [-0.15, -0.1) is 0 Å². The summed E-state index contributed by atoms with van der Waals surface area (Å²) in [5.41, 5.74) is 4.72. The molecule has 0 unspecified atom stereocenters. The van der Waals surface area contributed by atoms with Gasteiger partial charge in [-0.2, -0.15) is 0 Å². The van der Waals surface area contributed by atoms with Crippen LogP contribution in [-0.4, -0.2) is 11.4 Å². The first-order valence-corrected chi connectivity index (χ1v) is 5.38. The van der Waals surface area contributed by atoms with Crippen LogP contribution < -0.4 is 11.1 Å². The van der Waals surface area contributed by atoms with Crippen LogP contribution in [0.5, 0.6) is 0 Å². The molecule has 0 heterocycles. The number of nitrogens with two attached hydrogens (primary N) is 1. The van der Waals surface area contributed by atoms with Gasteiger partial charge in [0.2, 0.25) is 5.91 Å². The zero-order valence-corrected chi connectivity index (χ0v) is 10.2. The van der Waals surface area contributed by atoms with E-state index in [4.69, 9.17) is 5.73 Å². The number of carbonyl (C=O) groups excluding carboxylic acids is 1. The molecule has 0 spiro atoms. The number of hydrogen-bond acceptors (Lipinski definition) is 2. The second-order valence-corrected chi connectivity index (χ2v) is 4.75. The topological polar surface area (TPSA) is 55.1 Å². The largest absolute Gasteiger partial charge is 0.370 e. The van der Waals surface area contributed by atoms with Crippen molar-refractivity contribution in [2.75, 3.05) is 0 Å². The molecular formula is C12H15F3N2O. The molecule has 0 aromatic heterocycles. The van der Waals surface area contributed by atoms with Crippen LogP contribution in [0.4, 0.5) is 13.2 Å². The van der Waals surface area contributed by atoms with Gasteiger partial charge in [0.15, 0.2) is 17.5 Å². The zero-order chi connectivity index (χ0) is 13.9. The standard InChI is InChI=1S/C12H15F3N2O/c1-12(2,5-10(16)18)17-6-7-3-8(13)11(15)9(14)4-7/h3-4,17H,5-6H2,1-2H3,(H2,16,18). The van der Waals surface area contributed by atoms with E-state index >= 15 is 0 Å². The van der Waals surface area contributed by atoms with Crippen LogP contribution in [0.2, 0.25) is 0 Å². The second-order valence-electron chi connectivity index (χ2n) is 4.75. The van der Waals surface area contributed by atoms with E-state index in [-0.39, 0.29) is 18.5 Å². The molecule has 100 valence electrons. The molecule has 0 atom stereocenters. The third kappa shape index (κ3) is 4.03. The van der Waals surface area contributed by atoms with E-state index in [2.05, 4.69) is 5.32 Å². The molecule has 1 amide bonds. The van der Waals surface area contributed by atoms with Crippen LogP contribution in [-0.2, 0) is 11.3 Å². The third-order valence-corrected chi connectivity index (χ3v) is 2.43. The number of halogens is 3. The van der Waals surface area contributed by atoms with Crippen LogP contribution in [0.25, 0.3) is 0 Å². The fraction of sp³-hybridized carbons (Fsp3) is 0.417. The maximum Gasteiger partial charge on any atom is 0.219 e. The molecule has 1 aromatic carbocycles. The number of carbonyl (C=O) groups is 1. The zero-order valence-electron chi connectivity index (χ0n) is 10.2. The smallest absolute Gasteiger partial charge is 0.219 e. The number of hydrogen-bond donors (Lipinski definition) is 2. The number of amides is 1. The van der Waals surface area contributed by atoms with E-state index in [0.717, 1.165) is 12.1 Å². The van der Waals surface area contributed by atoms with E-state index in [1.54, 1.807) is 13.8 Å². The van der Waals surface area contributed by atoms with Crippen LogP contribution in [0.1, 0.15) is 25.8 Å². The highest BCUT2D eigenvalue weighted by molar-refractivity contribution is 5.74. The second kappa shape index (κ2) is 5.39. The van der Waals surface area contributed by atoms with Crippen molar-refractivity contribution in [2.24, 2.45) is 5.73 Å². The summed E-state index contributed by atoms with van der Waals surface area (Å²) in [6.45, 7) is 3.57. The average Bonchev–Trinajstić information content (AvgIpc) is 2.21. The Morgan fingerprint density at radius 2 is 1.78 bits per heavy atom. The van der Waals surface area contributed by atoms with Gasteiger partial charge in [0.1, 0.15) is 0 Å². The Labute approximate surface area is 103 Å². The molecule has 0 aliphatic carbocycles. The quantitative estimate of drug-likeness (QED) is 0.794. The van der Waals surface area contributed by atoms with Crippen LogP contribution >= 0.6 is 0 Å². The number of primary amides is 1. The number of benzene rings is 1. The molecular weight excluding hydrogens is 245 g/mol. The van der Waals surface area contributed by atoms with Gasteiger partial charge < -0.3 is 11.1 Å². The molecule has 1 aromatic rings. The van der Waals surface area contributed by atoms with Crippen LogP contribution in [0, 0.1) is 17.5 Å². The van der Waals surface area contributed by atoms with E-state index in [1.807, 2.05) is 0 Å².